The van der Waals surface area contributed by atoms with E-state index in [0.717, 1.165) is 26.4 Å². The molecule has 0 bridgehead atoms. The fraction of sp³-hybridized carbons (Fsp3) is 0.242. The number of anilines is 1. The number of amides is 3. The lowest BCUT2D eigenvalue weighted by atomic mass is 10.0. The van der Waals surface area contributed by atoms with Crippen molar-refractivity contribution in [3.05, 3.63) is 112 Å². The number of benzene rings is 4. The standard InChI is InChI=1S/C33H32BrN3O3/c1-33(2,3)35-31(39)28(19-22-9-5-4-6-10-22)36(20-23-15-17-25(34)18-16-23)29(38)21-37-27-14-8-12-24-11-7-13-26(30(24)27)32(37)40/h4-18,28H,19-21H2,1-3H3,(H,35,39)/t28-/m1/s1. The fourth-order valence-corrected chi connectivity index (χ4v) is 5.42. The van der Waals surface area contributed by atoms with Gasteiger partial charge in [0.05, 0.1) is 5.69 Å². The lowest BCUT2D eigenvalue weighted by Gasteiger charge is -2.34. The third-order valence-corrected chi connectivity index (χ3v) is 7.51. The summed E-state index contributed by atoms with van der Waals surface area (Å²) in [5.74, 6) is -0.742. The number of nitrogens with one attached hydrogen (secondary N) is 1. The highest BCUT2D eigenvalue weighted by Gasteiger charge is 2.36. The van der Waals surface area contributed by atoms with Gasteiger partial charge in [0.1, 0.15) is 12.6 Å². The average molecular weight is 599 g/mol. The Morgan fingerprint density at radius 3 is 2.23 bits per heavy atom. The Morgan fingerprint density at radius 1 is 0.875 bits per heavy atom. The summed E-state index contributed by atoms with van der Waals surface area (Å²) >= 11 is 3.47. The lowest BCUT2D eigenvalue weighted by Crippen LogP contribution is -2.56. The van der Waals surface area contributed by atoms with Gasteiger partial charge in [-0.3, -0.25) is 19.3 Å². The van der Waals surface area contributed by atoms with Gasteiger partial charge in [0.2, 0.25) is 11.8 Å². The van der Waals surface area contributed by atoms with Crippen LogP contribution in [0.25, 0.3) is 10.8 Å². The summed E-state index contributed by atoms with van der Waals surface area (Å²) in [4.78, 5) is 44.7. The number of hydrogen-bond acceptors (Lipinski definition) is 3. The average Bonchev–Trinajstić information content (AvgIpc) is 3.19. The monoisotopic (exact) mass is 597 g/mol. The molecule has 0 fully saturated rings. The quantitative estimate of drug-likeness (QED) is 0.266. The zero-order chi connectivity index (χ0) is 28.4. The third kappa shape index (κ3) is 5.94. The second-order valence-electron chi connectivity index (χ2n) is 11.2. The highest BCUT2D eigenvalue weighted by Crippen LogP contribution is 2.37. The Kier molecular flexibility index (Phi) is 7.76. The fourth-order valence-electron chi connectivity index (χ4n) is 5.16. The van der Waals surface area contributed by atoms with E-state index in [-0.39, 0.29) is 30.8 Å². The van der Waals surface area contributed by atoms with Crippen LogP contribution in [0.2, 0.25) is 0 Å². The molecule has 6 nitrogen and oxygen atoms in total. The van der Waals surface area contributed by atoms with E-state index in [1.807, 2.05) is 106 Å². The summed E-state index contributed by atoms with van der Waals surface area (Å²) in [6.45, 7) is 5.82. The van der Waals surface area contributed by atoms with Crippen molar-refractivity contribution >= 4 is 50.1 Å². The van der Waals surface area contributed by atoms with Gasteiger partial charge >= 0.3 is 0 Å². The summed E-state index contributed by atoms with van der Waals surface area (Å²) in [5.41, 5.74) is 2.65. The Bertz CT molecular complexity index is 1560. The second kappa shape index (κ2) is 11.3. The van der Waals surface area contributed by atoms with Crippen molar-refractivity contribution < 1.29 is 14.4 Å². The summed E-state index contributed by atoms with van der Waals surface area (Å²) in [6, 6.07) is 28.0. The van der Waals surface area contributed by atoms with Crippen LogP contribution in [0.1, 0.15) is 42.3 Å². The molecule has 5 rings (SSSR count). The lowest BCUT2D eigenvalue weighted by molar-refractivity contribution is -0.140. The molecular weight excluding hydrogens is 566 g/mol. The van der Waals surface area contributed by atoms with Crippen LogP contribution in [-0.2, 0) is 22.6 Å². The van der Waals surface area contributed by atoms with Crippen molar-refractivity contribution in [1.82, 2.24) is 10.2 Å². The van der Waals surface area contributed by atoms with Crippen LogP contribution >= 0.6 is 15.9 Å². The molecule has 0 aromatic heterocycles. The van der Waals surface area contributed by atoms with E-state index < -0.39 is 11.6 Å². The molecule has 204 valence electrons. The molecule has 0 aliphatic carbocycles. The zero-order valence-electron chi connectivity index (χ0n) is 22.9. The molecule has 1 aliphatic heterocycles. The first-order valence-electron chi connectivity index (χ1n) is 13.3. The second-order valence-corrected chi connectivity index (χ2v) is 12.1. The van der Waals surface area contributed by atoms with Crippen LogP contribution in [0.15, 0.2) is 95.5 Å². The smallest absolute Gasteiger partial charge is 0.259 e. The Hall–Kier alpha value is -3.97. The van der Waals surface area contributed by atoms with Gasteiger partial charge in [0.15, 0.2) is 0 Å². The normalized spacial score (nSPS) is 13.4. The first kappa shape index (κ1) is 27.6. The van der Waals surface area contributed by atoms with Crippen molar-refractivity contribution in [2.24, 2.45) is 0 Å². The van der Waals surface area contributed by atoms with Crippen LogP contribution < -0.4 is 10.2 Å². The number of halogens is 1. The number of carbonyl (C=O) groups is 3. The molecular formula is C33H32BrN3O3. The van der Waals surface area contributed by atoms with E-state index in [2.05, 4.69) is 21.2 Å². The molecule has 4 aromatic carbocycles. The molecule has 0 spiro atoms. The highest BCUT2D eigenvalue weighted by atomic mass is 79.9. The minimum atomic E-state index is -0.784. The van der Waals surface area contributed by atoms with Gasteiger partial charge in [-0.1, -0.05) is 82.7 Å². The van der Waals surface area contributed by atoms with Gasteiger partial charge in [0, 0.05) is 33.9 Å². The molecule has 0 unspecified atom stereocenters. The number of rotatable bonds is 8. The predicted octanol–water partition coefficient (Wildman–Crippen LogP) is 6.12. The maximum absolute atomic E-state index is 14.2. The molecule has 0 saturated heterocycles. The van der Waals surface area contributed by atoms with E-state index >= 15 is 0 Å². The molecule has 1 aliphatic rings. The number of carbonyl (C=O) groups excluding carboxylic acids is 3. The topological polar surface area (TPSA) is 69.7 Å². The Balaban J connectivity index is 1.52. The minimum absolute atomic E-state index is 0.169. The maximum atomic E-state index is 14.2. The first-order chi connectivity index (χ1) is 19.1. The van der Waals surface area contributed by atoms with Gasteiger partial charge in [0.25, 0.3) is 5.91 Å². The molecule has 3 amide bonds. The van der Waals surface area contributed by atoms with E-state index in [9.17, 15) is 14.4 Å². The van der Waals surface area contributed by atoms with E-state index in [4.69, 9.17) is 0 Å². The highest BCUT2D eigenvalue weighted by molar-refractivity contribution is 9.10. The maximum Gasteiger partial charge on any atom is 0.259 e. The van der Waals surface area contributed by atoms with Crippen molar-refractivity contribution in [3.63, 3.8) is 0 Å². The Morgan fingerprint density at radius 2 is 1.55 bits per heavy atom. The largest absolute Gasteiger partial charge is 0.350 e. The van der Waals surface area contributed by atoms with Crippen molar-refractivity contribution in [3.8, 4) is 0 Å². The molecule has 1 heterocycles. The van der Waals surface area contributed by atoms with Gasteiger partial charge in [-0.15, -0.1) is 0 Å². The molecule has 0 saturated carbocycles. The SMILES string of the molecule is CC(C)(C)NC(=O)[C@@H](Cc1ccccc1)N(Cc1ccc(Br)cc1)C(=O)CN1C(=O)c2cccc3cccc1c23. The van der Waals surface area contributed by atoms with Crippen LogP contribution in [0, 0.1) is 0 Å². The first-order valence-corrected chi connectivity index (χ1v) is 14.1. The van der Waals surface area contributed by atoms with E-state index in [1.54, 1.807) is 11.0 Å². The van der Waals surface area contributed by atoms with E-state index in [0.29, 0.717) is 17.7 Å². The van der Waals surface area contributed by atoms with Crippen LogP contribution in [0.3, 0.4) is 0 Å². The van der Waals surface area contributed by atoms with Gasteiger partial charge < -0.3 is 10.2 Å². The van der Waals surface area contributed by atoms with Crippen molar-refractivity contribution in [1.29, 1.82) is 0 Å². The summed E-state index contributed by atoms with van der Waals surface area (Å²) in [6.07, 6.45) is 0.342. The van der Waals surface area contributed by atoms with Crippen LogP contribution in [0.4, 0.5) is 5.69 Å². The van der Waals surface area contributed by atoms with Crippen LogP contribution in [-0.4, -0.2) is 40.7 Å². The minimum Gasteiger partial charge on any atom is -0.350 e. The van der Waals surface area contributed by atoms with Crippen molar-refractivity contribution in [2.75, 3.05) is 11.4 Å². The van der Waals surface area contributed by atoms with Gasteiger partial charge in [-0.2, -0.15) is 0 Å². The molecule has 1 N–H and O–H groups in total. The number of hydrogen-bond donors (Lipinski definition) is 1. The molecule has 7 heteroatoms. The molecule has 40 heavy (non-hydrogen) atoms. The number of nitrogens with zero attached hydrogens (tertiary/aromatic N) is 2. The third-order valence-electron chi connectivity index (χ3n) is 6.98. The molecule has 0 radical (unpaired) electrons. The summed E-state index contributed by atoms with van der Waals surface area (Å²) in [7, 11) is 0. The van der Waals surface area contributed by atoms with Crippen LogP contribution in [0.5, 0.6) is 0 Å². The van der Waals surface area contributed by atoms with Crippen molar-refractivity contribution in [2.45, 2.75) is 45.3 Å². The summed E-state index contributed by atoms with van der Waals surface area (Å²) in [5, 5.41) is 4.89. The van der Waals surface area contributed by atoms with Gasteiger partial charge in [-0.25, -0.2) is 0 Å². The molecule has 1 atom stereocenters. The van der Waals surface area contributed by atoms with E-state index in [1.165, 1.54) is 4.90 Å². The predicted molar refractivity (Wildman–Crippen MR) is 162 cm³/mol. The summed E-state index contributed by atoms with van der Waals surface area (Å²) < 4.78 is 0.925. The van der Waals surface area contributed by atoms with Gasteiger partial charge in [-0.05, 0) is 61.5 Å². The zero-order valence-corrected chi connectivity index (χ0v) is 24.4. The molecule has 4 aromatic rings. The Labute approximate surface area is 243 Å².